The molecule has 72 valence electrons. The lowest BCUT2D eigenvalue weighted by molar-refractivity contribution is 0.711. The molecule has 0 aromatic heterocycles. The number of rotatable bonds is 2. The van der Waals surface area contributed by atoms with Gasteiger partial charge in [0.15, 0.2) is 0 Å². The first-order valence-electron chi connectivity index (χ1n) is 5.73. The molecule has 2 atom stereocenters. The van der Waals surface area contributed by atoms with Crippen LogP contribution in [0.15, 0.2) is 23.3 Å². The van der Waals surface area contributed by atoms with Crippen molar-refractivity contribution in [2.24, 2.45) is 11.8 Å². The highest BCUT2D eigenvalue weighted by molar-refractivity contribution is 5.36. The Morgan fingerprint density at radius 1 is 1.46 bits per heavy atom. The van der Waals surface area contributed by atoms with Crippen molar-refractivity contribution in [2.45, 2.75) is 46.0 Å². The maximum atomic E-state index is 2.48. The summed E-state index contributed by atoms with van der Waals surface area (Å²) in [5, 5.41) is 0. The van der Waals surface area contributed by atoms with Crippen LogP contribution in [0.3, 0.4) is 0 Å². The van der Waals surface area contributed by atoms with Crippen LogP contribution in [0.2, 0.25) is 0 Å². The van der Waals surface area contributed by atoms with Gasteiger partial charge in [-0.3, -0.25) is 0 Å². The van der Waals surface area contributed by atoms with E-state index >= 15 is 0 Å². The Morgan fingerprint density at radius 3 is 2.85 bits per heavy atom. The predicted octanol–water partition coefficient (Wildman–Crippen LogP) is 4.09. The lowest BCUT2D eigenvalue weighted by atomic mass is 9.99. The molecule has 0 aromatic carbocycles. The molecular formula is C13H20. The van der Waals surface area contributed by atoms with Crippen molar-refractivity contribution in [2.75, 3.05) is 0 Å². The lowest BCUT2D eigenvalue weighted by Gasteiger charge is -2.07. The van der Waals surface area contributed by atoms with Gasteiger partial charge >= 0.3 is 0 Å². The van der Waals surface area contributed by atoms with Gasteiger partial charge in [0.2, 0.25) is 0 Å². The normalized spacial score (nSPS) is 36.2. The first kappa shape index (κ1) is 9.05. The second kappa shape index (κ2) is 3.69. The highest BCUT2D eigenvalue weighted by atomic mass is 14.4. The van der Waals surface area contributed by atoms with Gasteiger partial charge in [0.25, 0.3) is 0 Å². The summed E-state index contributed by atoms with van der Waals surface area (Å²) in [6, 6.07) is 0. The third-order valence-corrected chi connectivity index (χ3v) is 3.57. The molecule has 2 aliphatic carbocycles. The maximum absolute atomic E-state index is 2.48. The van der Waals surface area contributed by atoms with E-state index in [9.17, 15) is 0 Å². The lowest BCUT2D eigenvalue weighted by Crippen LogP contribution is -1.88. The van der Waals surface area contributed by atoms with Crippen molar-refractivity contribution >= 4 is 0 Å². The molecule has 0 bridgehead atoms. The highest BCUT2D eigenvalue weighted by Gasteiger charge is 2.37. The predicted molar refractivity (Wildman–Crippen MR) is 57.6 cm³/mol. The van der Waals surface area contributed by atoms with Crippen molar-refractivity contribution in [1.29, 1.82) is 0 Å². The third kappa shape index (κ3) is 1.87. The third-order valence-electron chi connectivity index (χ3n) is 3.57. The molecule has 0 spiro atoms. The summed E-state index contributed by atoms with van der Waals surface area (Å²) < 4.78 is 0. The van der Waals surface area contributed by atoms with Gasteiger partial charge in [-0.05, 0) is 43.9 Å². The first-order valence-corrected chi connectivity index (χ1v) is 5.73. The zero-order chi connectivity index (χ0) is 9.26. The molecule has 0 aromatic rings. The average molecular weight is 176 g/mol. The summed E-state index contributed by atoms with van der Waals surface area (Å²) in [6.07, 6.45) is 11.7. The minimum atomic E-state index is 0.882. The van der Waals surface area contributed by atoms with E-state index in [1.165, 1.54) is 32.1 Å². The van der Waals surface area contributed by atoms with Gasteiger partial charge in [-0.25, -0.2) is 0 Å². The van der Waals surface area contributed by atoms with Crippen molar-refractivity contribution < 1.29 is 0 Å². The summed E-state index contributed by atoms with van der Waals surface area (Å²) in [7, 11) is 0. The molecule has 1 saturated carbocycles. The van der Waals surface area contributed by atoms with Crippen LogP contribution in [-0.2, 0) is 0 Å². The second-order valence-corrected chi connectivity index (χ2v) is 4.47. The number of hydrogen-bond donors (Lipinski definition) is 0. The molecule has 0 heterocycles. The van der Waals surface area contributed by atoms with E-state index < -0.39 is 0 Å². The van der Waals surface area contributed by atoms with Crippen LogP contribution in [0.1, 0.15) is 46.0 Å². The summed E-state index contributed by atoms with van der Waals surface area (Å²) >= 11 is 0. The molecule has 13 heavy (non-hydrogen) atoms. The molecule has 1 fully saturated rings. The molecule has 0 aliphatic heterocycles. The number of allylic oxidation sites excluding steroid dienone is 4. The largest absolute Gasteiger partial charge is 0.0813 e. The zero-order valence-electron chi connectivity index (χ0n) is 8.84. The van der Waals surface area contributed by atoms with Crippen LogP contribution in [0.4, 0.5) is 0 Å². The van der Waals surface area contributed by atoms with Crippen molar-refractivity contribution in [3.63, 3.8) is 0 Å². The van der Waals surface area contributed by atoms with E-state index in [0.717, 1.165) is 11.8 Å². The van der Waals surface area contributed by atoms with Crippen LogP contribution in [-0.4, -0.2) is 0 Å². The fraction of sp³-hybridized carbons (Fsp3) is 0.692. The average Bonchev–Trinajstić information content (AvgIpc) is 2.78. The Labute approximate surface area is 81.7 Å². The Bertz CT molecular complexity index is 245. The Hall–Kier alpha value is -0.520. The van der Waals surface area contributed by atoms with Crippen LogP contribution >= 0.6 is 0 Å². The fourth-order valence-electron chi connectivity index (χ4n) is 2.53. The van der Waals surface area contributed by atoms with Gasteiger partial charge in [0.05, 0.1) is 0 Å². The van der Waals surface area contributed by atoms with Gasteiger partial charge in [-0.1, -0.05) is 37.1 Å². The Morgan fingerprint density at radius 2 is 2.31 bits per heavy atom. The molecule has 2 aliphatic rings. The smallest absolute Gasteiger partial charge is 0.0137 e. The molecule has 2 rings (SSSR count). The van der Waals surface area contributed by atoms with Gasteiger partial charge in [-0.15, -0.1) is 0 Å². The van der Waals surface area contributed by atoms with E-state index in [2.05, 4.69) is 26.0 Å². The molecule has 0 heteroatoms. The standard InChI is InChI=1S/C13H20/c1-3-12-10(2)13(12)9-11-7-5-4-6-8-11/h7,9-10,12H,3-6,8H2,1-2H3/b13-9-/t10?,12-/m1/s1. The zero-order valence-corrected chi connectivity index (χ0v) is 8.84. The molecule has 1 unspecified atom stereocenters. The second-order valence-electron chi connectivity index (χ2n) is 4.47. The topological polar surface area (TPSA) is 0 Å². The molecule has 0 amide bonds. The summed E-state index contributed by atoms with van der Waals surface area (Å²) in [6.45, 7) is 4.67. The number of hydrogen-bond acceptors (Lipinski definition) is 0. The fourth-order valence-corrected chi connectivity index (χ4v) is 2.53. The molecular weight excluding hydrogens is 156 g/mol. The Balaban J connectivity index is 2.00. The van der Waals surface area contributed by atoms with Gasteiger partial charge in [0.1, 0.15) is 0 Å². The van der Waals surface area contributed by atoms with Crippen molar-refractivity contribution in [3.05, 3.63) is 23.3 Å². The van der Waals surface area contributed by atoms with E-state index in [-0.39, 0.29) is 0 Å². The van der Waals surface area contributed by atoms with Gasteiger partial charge in [-0.2, -0.15) is 0 Å². The van der Waals surface area contributed by atoms with E-state index in [1.807, 2.05) is 0 Å². The minimum absolute atomic E-state index is 0.882. The van der Waals surface area contributed by atoms with Crippen LogP contribution < -0.4 is 0 Å². The Kier molecular flexibility index (Phi) is 2.57. The van der Waals surface area contributed by atoms with Crippen molar-refractivity contribution in [3.8, 4) is 0 Å². The molecule has 0 saturated heterocycles. The quantitative estimate of drug-likeness (QED) is 0.594. The molecule has 0 radical (unpaired) electrons. The van der Waals surface area contributed by atoms with Gasteiger partial charge in [0, 0.05) is 0 Å². The van der Waals surface area contributed by atoms with Gasteiger partial charge < -0.3 is 0 Å². The SMILES string of the molecule is CC[C@H]1/C(=C\C2=CCCCC2)C1C. The summed E-state index contributed by atoms with van der Waals surface area (Å²) in [5.74, 6) is 1.80. The van der Waals surface area contributed by atoms with E-state index in [1.54, 1.807) is 11.1 Å². The summed E-state index contributed by atoms with van der Waals surface area (Å²) in [4.78, 5) is 0. The van der Waals surface area contributed by atoms with Crippen LogP contribution in [0, 0.1) is 11.8 Å². The maximum Gasteiger partial charge on any atom is -0.0137 e. The van der Waals surface area contributed by atoms with Crippen molar-refractivity contribution in [1.82, 2.24) is 0 Å². The van der Waals surface area contributed by atoms with E-state index in [0.29, 0.717) is 0 Å². The molecule has 0 nitrogen and oxygen atoms in total. The molecule has 0 N–H and O–H groups in total. The van der Waals surface area contributed by atoms with Crippen LogP contribution in [0.5, 0.6) is 0 Å². The first-order chi connectivity index (χ1) is 6.33. The monoisotopic (exact) mass is 176 g/mol. The summed E-state index contributed by atoms with van der Waals surface area (Å²) in [5.41, 5.74) is 3.33. The minimum Gasteiger partial charge on any atom is -0.0813 e. The van der Waals surface area contributed by atoms with E-state index in [4.69, 9.17) is 0 Å². The highest BCUT2D eigenvalue weighted by Crippen LogP contribution is 2.48. The van der Waals surface area contributed by atoms with Crippen LogP contribution in [0.25, 0.3) is 0 Å².